The highest BCUT2D eigenvalue weighted by atomic mass is 19.1. The largest absolute Gasteiger partial charge is 0.388 e. The average molecular weight is 249 g/mol. The third-order valence-corrected chi connectivity index (χ3v) is 2.73. The van der Waals surface area contributed by atoms with Crippen LogP contribution in [0.2, 0.25) is 0 Å². The molecule has 1 aromatic carbocycles. The fourth-order valence-electron chi connectivity index (χ4n) is 1.80. The molecule has 0 radical (unpaired) electrons. The molecule has 0 aliphatic heterocycles. The Kier molecular flexibility index (Phi) is 3.99. The van der Waals surface area contributed by atoms with Crippen LogP contribution in [0.25, 0.3) is 0 Å². The van der Waals surface area contributed by atoms with E-state index in [1.165, 1.54) is 6.07 Å². The van der Waals surface area contributed by atoms with Gasteiger partial charge in [0.15, 0.2) is 0 Å². The molecule has 1 heterocycles. The van der Waals surface area contributed by atoms with E-state index in [1.54, 1.807) is 12.3 Å². The first-order valence-corrected chi connectivity index (χ1v) is 5.70. The van der Waals surface area contributed by atoms with Gasteiger partial charge in [0.1, 0.15) is 11.6 Å². The maximum atomic E-state index is 13.4. The van der Waals surface area contributed by atoms with E-state index in [0.29, 0.717) is 6.42 Å². The van der Waals surface area contributed by atoms with E-state index >= 15 is 0 Å². The Balaban J connectivity index is 2.06. The number of benzene rings is 1. The van der Waals surface area contributed by atoms with Crippen LogP contribution < -0.4 is 0 Å². The van der Waals surface area contributed by atoms with Crippen molar-refractivity contribution in [1.29, 1.82) is 0 Å². The predicted octanol–water partition coefficient (Wildman–Crippen LogP) is 3.03. The average Bonchev–Trinajstić information content (AvgIpc) is 2.37. The molecular formula is C14H13F2NO. The molecule has 0 fully saturated rings. The van der Waals surface area contributed by atoms with Crippen molar-refractivity contribution in [3.8, 4) is 0 Å². The minimum atomic E-state index is -1.16. The first-order chi connectivity index (χ1) is 8.68. The van der Waals surface area contributed by atoms with Crippen molar-refractivity contribution in [2.24, 2.45) is 0 Å². The van der Waals surface area contributed by atoms with Crippen LogP contribution in [0.1, 0.15) is 23.8 Å². The Morgan fingerprint density at radius 3 is 2.39 bits per heavy atom. The van der Waals surface area contributed by atoms with Crippen molar-refractivity contribution in [3.63, 3.8) is 0 Å². The minimum Gasteiger partial charge on any atom is -0.388 e. The fraction of sp³-hybridized carbons (Fsp3) is 0.214. The number of aliphatic hydroxyl groups excluding tert-OH is 1. The SMILES string of the molecule is OC(CCc1ccccn1)c1c(F)cccc1F. The maximum Gasteiger partial charge on any atom is 0.131 e. The lowest BCUT2D eigenvalue weighted by atomic mass is 10.0. The summed E-state index contributed by atoms with van der Waals surface area (Å²) in [4.78, 5) is 4.09. The summed E-state index contributed by atoms with van der Waals surface area (Å²) in [5.74, 6) is -1.44. The summed E-state index contributed by atoms with van der Waals surface area (Å²) in [6.45, 7) is 0. The van der Waals surface area contributed by atoms with Crippen molar-refractivity contribution in [2.75, 3.05) is 0 Å². The molecule has 2 aromatic rings. The van der Waals surface area contributed by atoms with Crippen molar-refractivity contribution in [2.45, 2.75) is 18.9 Å². The van der Waals surface area contributed by atoms with Crippen LogP contribution in [0.4, 0.5) is 8.78 Å². The molecule has 0 saturated carbocycles. The molecule has 0 aliphatic carbocycles. The zero-order valence-electron chi connectivity index (χ0n) is 9.68. The summed E-state index contributed by atoms with van der Waals surface area (Å²) in [5, 5.41) is 9.84. The van der Waals surface area contributed by atoms with Crippen LogP contribution >= 0.6 is 0 Å². The molecule has 18 heavy (non-hydrogen) atoms. The first-order valence-electron chi connectivity index (χ1n) is 5.70. The molecule has 94 valence electrons. The molecule has 0 spiro atoms. The third-order valence-electron chi connectivity index (χ3n) is 2.73. The van der Waals surface area contributed by atoms with Gasteiger partial charge in [-0.15, -0.1) is 0 Å². The number of aliphatic hydroxyl groups is 1. The molecular weight excluding hydrogens is 236 g/mol. The van der Waals surface area contributed by atoms with E-state index in [1.807, 2.05) is 12.1 Å². The fourth-order valence-corrected chi connectivity index (χ4v) is 1.80. The van der Waals surface area contributed by atoms with Crippen LogP contribution in [0.3, 0.4) is 0 Å². The highest BCUT2D eigenvalue weighted by molar-refractivity contribution is 5.22. The van der Waals surface area contributed by atoms with E-state index < -0.39 is 17.7 Å². The first kappa shape index (κ1) is 12.6. The van der Waals surface area contributed by atoms with Gasteiger partial charge in [-0.25, -0.2) is 8.78 Å². The zero-order valence-corrected chi connectivity index (χ0v) is 9.68. The van der Waals surface area contributed by atoms with E-state index in [-0.39, 0.29) is 12.0 Å². The number of hydrogen-bond acceptors (Lipinski definition) is 2. The summed E-state index contributed by atoms with van der Waals surface area (Å²) in [6, 6.07) is 8.99. The second-order valence-electron chi connectivity index (χ2n) is 4.01. The molecule has 0 aliphatic rings. The summed E-state index contributed by atoms with van der Waals surface area (Å²) in [5.41, 5.74) is 0.515. The van der Waals surface area contributed by atoms with Gasteiger partial charge < -0.3 is 5.11 Å². The highest BCUT2D eigenvalue weighted by Gasteiger charge is 2.17. The molecule has 0 saturated heterocycles. The van der Waals surface area contributed by atoms with Gasteiger partial charge in [-0.1, -0.05) is 12.1 Å². The summed E-state index contributed by atoms with van der Waals surface area (Å²) >= 11 is 0. The predicted molar refractivity (Wildman–Crippen MR) is 63.9 cm³/mol. The molecule has 4 heteroatoms. The van der Waals surface area contributed by atoms with Gasteiger partial charge in [0, 0.05) is 11.9 Å². The quantitative estimate of drug-likeness (QED) is 0.903. The summed E-state index contributed by atoms with van der Waals surface area (Å²) in [6.07, 6.45) is 1.18. The standard InChI is InChI=1S/C14H13F2NO/c15-11-5-3-6-12(16)14(11)13(18)8-7-10-4-1-2-9-17-10/h1-6,9,13,18H,7-8H2. The summed E-state index contributed by atoms with van der Waals surface area (Å²) < 4.78 is 26.8. The van der Waals surface area contributed by atoms with E-state index in [9.17, 15) is 13.9 Å². The normalized spacial score (nSPS) is 12.4. The molecule has 2 rings (SSSR count). The van der Waals surface area contributed by atoms with Gasteiger partial charge in [-0.3, -0.25) is 4.98 Å². The van der Waals surface area contributed by atoms with Gasteiger partial charge in [0.2, 0.25) is 0 Å². The monoisotopic (exact) mass is 249 g/mol. The highest BCUT2D eigenvalue weighted by Crippen LogP contribution is 2.24. The van der Waals surface area contributed by atoms with Crippen LogP contribution in [0.5, 0.6) is 0 Å². The molecule has 0 amide bonds. The van der Waals surface area contributed by atoms with Crippen LogP contribution in [-0.4, -0.2) is 10.1 Å². The van der Waals surface area contributed by atoms with E-state index in [0.717, 1.165) is 17.8 Å². The topological polar surface area (TPSA) is 33.1 Å². The Morgan fingerprint density at radius 2 is 1.78 bits per heavy atom. The Bertz CT molecular complexity index is 496. The van der Waals surface area contributed by atoms with Gasteiger partial charge >= 0.3 is 0 Å². The Morgan fingerprint density at radius 1 is 1.06 bits per heavy atom. The van der Waals surface area contributed by atoms with E-state index in [4.69, 9.17) is 0 Å². The van der Waals surface area contributed by atoms with Gasteiger partial charge in [0.05, 0.1) is 11.7 Å². The molecule has 0 bridgehead atoms. The zero-order chi connectivity index (χ0) is 13.0. The third kappa shape index (κ3) is 2.90. The smallest absolute Gasteiger partial charge is 0.131 e. The summed E-state index contributed by atoms with van der Waals surface area (Å²) in [7, 11) is 0. The molecule has 2 nitrogen and oxygen atoms in total. The molecule has 1 unspecified atom stereocenters. The van der Waals surface area contributed by atoms with Crippen molar-refractivity contribution >= 4 is 0 Å². The van der Waals surface area contributed by atoms with Gasteiger partial charge in [0.25, 0.3) is 0 Å². The van der Waals surface area contributed by atoms with Crippen molar-refractivity contribution in [3.05, 3.63) is 65.5 Å². The lowest BCUT2D eigenvalue weighted by Gasteiger charge is -2.12. The number of aryl methyl sites for hydroxylation is 1. The second kappa shape index (κ2) is 5.69. The van der Waals surface area contributed by atoms with Crippen molar-refractivity contribution < 1.29 is 13.9 Å². The molecule has 1 N–H and O–H groups in total. The second-order valence-corrected chi connectivity index (χ2v) is 4.01. The number of hydrogen-bond donors (Lipinski definition) is 1. The van der Waals surface area contributed by atoms with Crippen LogP contribution in [0.15, 0.2) is 42.6 Å². The number of pyridine rings is 1. The lowest BCUT2D eigenvalue weighted by molar-refractivity contribution is 0.158. The number of aromatic nitrogens is 1. The number of rotatable bonds is 4. The van der Waals surface area contributed by atoms with Gasteiger partial charge in [-0.2, -0.15) is 0 Å². The van der Waals surface area contributed by atoms with Gasteiger partial charge in [-0.05, 0) is 37.1 Å². The maximum absolute atomic E-state index is 13.4. The molecule has 1 atom stereocenters. The Hall–Kier alpha value is -1.81. The molecule has 1 aromatic heterocycles. The van der Waals surface area contributed by atoms with Crippen LogP contribution in [0, 0.1) is 11.6 Å². The van der Waals surface area contributed by atoms with Crippen LogP contribution in [-0.2, 0) is 6.42 Å². The number of nitrogens with zero attached hydrogens (tertiary/aromatic N) is 1. The number of halogens is 2. The van der Waals surface area contributed by atoms with E-state index in [2.05, 4.69) is 4.98 Å². The minimum absolute atomic E-state index is 0.231. The lowest BCUT2D eigenvalue weighted by Crippen LogP contribution is -2.06. The Labute approximate surface area is 104 Å². The van der Waals surface area contributed by atoms with Crippen molar-refractivity contribution in [1.82, 2.24) is 4.98 Å².